The van der Waals surface area contributed by atoms with E-state index in [0.29, 0.717) is 0 Å². The minimum Gasteiger partial charge on any atom is -0.102 e. The van der Waals surface area contributed by atoms with Gasteiger partial charge in [-0.1, -0.05) is 52.8 Å². The van der Waals surface area contributed by atoms with Crippen LogP contribution in [0, 0.1) is 10.8 Å². The predicted octanol–water partition coefficient (Wildman–Crippen LogP) is 3.80. The van der Waals surface area contributed by atoms with E-state index in [1.165, 1.54) is 0 Å². The third kappa shape index (κ3) is 5.90. The van der Waals surface area contributed by atoms with Crippen molar-refractivity contribution in [2.24, 2.45) is 10.8 Å². The number of hydrogen-bond acceptors (Lipinski definition) is 0. The van der Waals surface area contributed by atoms with Crippen LogP contribution in [-0.2, 0) is 0 Å². The molecule has 0 saturated heterocycles. The molecule has 0 amide bonds. The molecule has 0 heterocycles. The Balaban J connectivity index is 4.24. The lowest BCUT2D eigenvalue weighted by Crippen LogP contribution is -2.05. The normalized spacial score (nSPS) is 13.9. The van der Waals surface area contributed by atoms with Crippen LogP contribution in [0.5, 0.6) is 0 Å². The molecule has 0 aliphatic carbocycles. The summed E-state index contributed by atoms with van der Waals surface area (Å²) in [4.78, 5) is 0. The molecular formula is C11H20. The molecule has 11 heavy (non-hydrogen) atoms. The Bertz CT molecular complexity index is 153. The van der Waals surface area contributed by atoms with Gasteiger partial charge in [0.05, 0.1) is 0 Å². The summed E-state index contributed by atoms with van der Waals surface area (Å²) in [6.07, 6.45) is 6.41. The van der Waals surface area contributed by atoms with Crippen molar-refractivity contribution in [1.29, 1.82) is 0 Å². The summed E-state index contributed by atoms with van der Waals surface area (Å²) in [7, 11) is 0. The molecule has 64 valence electrons. The van der Waals surface area contributed by atoms with Crippen molar-refractivity contribution in [2.75, 3.05) is 0 Å². The molecular weight excluding hydrogens is 132 g/mol. The lowest BCUT2D eigenvalue weighted by Gasteiger charge is -2.18. The van der Waals surface area contributed by atoms with Crippen LogP contribution in [0.4, 0.5) is 0 Å². The number of rotatable bonds is 2. The second-order valence-electron chi connectivity index (χ2n) is 4.72. The van der Waals surface area contributed by atoms with E-state index >= 15 is 0 Å². The zero-order chi connectivity index (χ0) is 9.12. The molecule has 0 heteroatoms. The maximum atomic E-state index is 3.78. The van der Waals surface area contributed by atoms with Crippen molar-refractivity contribution < 1.29 is 0 Å². The van der Waals surface area contributed by atoms with E-state index in [4.69, 9.17) is 0 Å². The van der Waals surface area contributed by atoms with Gasteiger partial charge in [-0.05, 0) is 5.41 Å². The molecule has 0 fully saturated rings. The van der Waals surface area contributed by atoms with Crippen LogP contribution < -0.4 is 0 Å². The number of allylic oxidation sites excluding steroid dienone is 3. The van der Waals surface area contributed by atoms with Gasteiger partial charge in [-0.15, -0.1) is 6.58 Å². The van der Waals surface area contributed by atoms with Gasteiger partial charge in [0.1, 0.15) is 0 Å². The average molecular weight is 152 g/mol. The molecule has 0 aromatic heterocycles. The maximum Gasteiger partial charge on any atom is 0.000193 e. The predicted molar refractivity (Wildman–Crippen MR) is 52.6 cm³/mol. The fourth-order valence-electron chi connectivity index (χ4n) is 0.533. The highest BCUT2D eigenvalue weighted by Gasteiger charge is 2.10. The summed E-state index contributed by atoms with van der Waals surface area (Å²) < 4.78 is 0. The summed E-state index contributed by atoms with van der Waals surface area (Å²) in [5.41, 5.74) is 0.410. The lowest BCUT2D eigenvalue weighted by molar-refractivity contribution is 0.526. The third-order valence-corrected chi connectivity index (χ3v) is 1.54. The Kier molecular flexibility index (Phi) is 3.10. The van der Waals surface area contributed by atoms with Crippen LogP contribution in [0.25, 0.3) is 0 Å². The van der Waals surface area contributed by atoms with Gasteiger partial charge in [-0.2, -0.15) is 0 Å². The fraction of sp³-hybridized carbons (Fsp3) is 0.636. The second kappa shape index (κ2) is 3.25. The van der Waals surface area contributed by atoms with Gasteiger partial charge in [-0.25, -0.2) is 0 Å². The summed E-state index contributed by atoms with van der Waals surface area (Å²) in [5.74, 6) is 0. The van der Waals surface area contributed by atoms with Crippen molar-refractivity contribution in [1.82, 2.24) is 0 Å². The van der Waals surface area contributed by atoms with Crippen molar-refractivity contribution in [3.8, 4) is 0 Å². The number of hydrogen-bond donors (Lipinski definition) is 0. The van der Waals surface area contributed by atoms with Crippen LogP contribution in [0.1, 0.15) is 34.6 Å². The summed E-state index contributed by atoms with van der Waals surface area (Å²) in [6, 6.07) is 0. The van der Waals surface area contributed by atoms with E-state index in [1.54, 1.807) is 0 Å². The zero-order valence-corrected chi connectivity index (χ0v) is 8.44. The topological polar surface area (TPSA) is 0 Å². The molecule has 0 bridgehead atoms. The minimum atomic E-state index is 0.132. The van der Waals surface area contributed by atoms with Gasteiger partial charge in [0.25, 0.3) is 0 Å². The molecule has 0 aliphatic rings. The molecule has 0 unspecified atom stereocenters. The lowest BCUT2D eigenvalue weighted by atomic mass is 9.88. The third-order valence-electron chi connectivity index (χ3n) is 1.54. The van der Waals surface area contributed by atoms with Gasteiger partial charge < -0.3 is 0 Å². The highest BCUT2D eigenvalue weighted by atomic mass is 14.2. The molecule has 0 nitrogen and oxygen atoms in total. The van der Waals surface area contributed by atoms with Gasteiger partial charge in [0.2, 0.25) is 0 Å². The van der Waals surface area contributed by atoms with Crippen molar-refractivity contribution in [2.45, 2.75) is 34.6 Å². The van der Waals surface area contributed by atoms with Gasteiger partial charge in [-0.3, -0.25) is 0 Å². The molecule has 0 aromatic rings. The highest BCUT2D eigenvalue weighted by Crippen LogP contribution is 2.23. The Hall–Kier alpha value is -0.520. The molecule has 0 rings (SSSR count). The molecule has 0 atom stereocenters. The summed E-state index contributed by atoms with van der Waals surface area (Å²) in [5, 5.41) is 0. The first-order valence-corrected chi connectivity index (χ1v) is 4.11. The monoisotopic (exact) mass is 152 g/mol. The van der Waals surface area contributed by atoms with E-state index in [9.17, 15) is 0 Å². The maximum absolute atomic E-state index is 3.78. The van der Waals surface area contributed by atoms with Crippen LogP contribution in [0.3, 0.4) is 0 Å². The summed E-state index contributed by atoms with van der Waals surface area (Å²) >= 11 is 0. The molecule has 0 N–H and O–H groups in total. The zero-order valence-electron chi connectivity index (χ0n) is 8.44. The van der Waals surface area contributed by atoms with Crippen LogP contribution in [0.2, 0.25) is 0 Å². The highest BCUT2D eigenvalue weighted by molar-refractivity contribution is 5.07. The van der Waals surface area contributed by atoms with Crippen molar-refractivity contribution >= 4 is 0 Å². The Morgan fingerprint density at radius 3 is 1.64 bits per heavy atom. The Labute approximate surface area is 71.0 Å². The molecule has 0 saturated carbocycles. The standard InChI is InChI=1S/C11H20/c1-7-11(5,6)9-8-10(2,3)4/h7-9H,1H2,2-6H3. The van der Waals surface area contributed by atoms with E-state index in [0.717, 1.165) is 0 Å². The van der Waals surface area contributed by atoms with Crippen LogP contribution >= 0.6 is 0 Å². The molecule has 0 radical (unpaired) electrons. The minimum absolute atomic E-state index is 0.132. The quantitative estimate of drug-likeness (QED) is 0.528. The van der Waals surface area contributed by atoms with Gasteiger partial charge >= 0.3 is 0 Å². The van der Waals surface area contributed by atoms with Gasteiger partial charge in [0.15, 0.2) is 0 Å². The van der Waals surface area contributed by atoms with Crippen LogP contribution in [-0.4, -0.2) is 0 Å². The van der Waals surface area contributed by atoms with Crippen molar-refractivity contribution in [3.05, 3.63) is 24.8 Å². The van der Waals surface area contributed by atoms with Crippen molar-refractivity contribution in [3.63, 3.8) is 0 Å². The first-order chi connectivity index (χ1) is 4.77. The summed E-state index contributed by atoms with van der Waals surface area (Å²) in [6.45, 7) is 14.7. The van der Waals surface area contributed by atoms with Gasteiger partial charge in [0, 0.05) is 5.41 Å². The second-order valence-corrected chi connectivity index (χ2v) is 4.72. The van der Waals surface area contributed by atoms with E-state index in [2.05, 4.69) is 53.3 Å². The Morgan fingerprint density at radius 2 is 1.36 bits per heavy atom. The molecule has 0 aliphatic heterocycles. The van der Waals surface area contributed by atoms with E-state index in [-0.39, 0.29) is 10.8 Å². The first kappa shape index (κ1) is 10.5. The smallest absolute Gasteiger partial charge is 0.000193 e. The SMILES string of the molecule is C=CC(C)(C)C=CC(C)(C)C. The Morgan fingerprint density at radius 1 is 0.909 bits per heavy atom. The fourth-order valence-corrected chi connectivity index (χ4v) is 0.533. The van der Waals surface area contributed by atoms with E-state index < -0.39 is 0 Å². The molecule has 0 aromatic carbocycles. The largest absolute Gasteiger partial charge is 0.102 e. The molecule has 0 spiro atoms. The first-order valence-electron chi connectivity index (χ1n) is 4.11. The van der Waals surface area contributed by atoms with E-state index in [1.807, 2.05) is 6.08 Å². The van der Waals surface area contributed by atoms with Crippen LogP contribution in [0.15, 0.2) is 24.8 Å². The average Bonchev–Trinajstić information content (AvgIpc) is 1.83.